The van der Waals surface area contributed by atoms with Gasteiger partial charge in [-0.05, 0) is 12.0 Å². The van der Waals surface area contributed by atoms with Crippen LogP contribution >= 0.6 is 0 Å². The maximum atomic E-state index is 11.5. The van der Waals surface area contributed by atoms with E-state index in [9.17, 15) is 4.79 Å². The van der Waals surface area contributed by atoms with Crippen LogP contribution in [0.4, 0.5) is 0 Å². The van der Waals surface area contributed by atoms with E-state index >= 15 is 0 Å². The van der Waals surface area contributed by atoms with E-state index in [1.54, 1.807) is 10.7 Å². The van der Waals surface area contributed by atoms with Crippen LogP contribution in [0.2, 0.25) is 0 Å². The van der Waals surface area contributed by atoms with Gasteiger partial charge in [0.1, 0.15) is 5.56 Å². The van der Waals surface area contributed by atoms with Gasteiger partial charge in [0, 0.05) is 11.9 Å². The lowest BCUT2D eigenvalue weighted by Gasteiger charge is -2.06. The largest absolute Gasteiger partial charge is 0.465 e. The van der Waals surface area contributed by atoms with Crippen molar-refractivity contribution in [2.45, 2.75) is 19.8 Å². The van der Waals surface area contributed by atoms with E-state index in [-0.39, 0.29) is 0 Å². The molecule has 0 aliphatic heterocycles. The molecule has 0 saturated carbocycles. The second-order valence-electron chi connectivity index (χ2n) is 3.81. The van der Waals surface area contributed by atoms with Gasteiger partial charge in [0.25, 0.3) is 0 Å². The highest BCUT2D eigenvalue weighted by molar-refractivity contribution is 5.95. The van der Waals surface area contributed by atoms with Crippen molar-refractivity contribution in [1.29, 1.82) is 0 Å². The molecule has 2 heterocycles. The van der Waals surface area contributed by atoms with Crippen molar-refractivity contribution in [2.24, 2.45) is 0 Å². The molecule has 0 atom stereocenters. The summed E-state index contributed by atoms with van der Waals surface area (Å²) in [6.07, 6.45) is 3.17. The molecule has 2 aromatic rings. The van der Waals surface area contributed by atoms with Crippen LogP contribution in [0.5, 0.6) is 0 Å². The number of rotatable bonds is 2. The lowest BCUT2D eigenvalue weighted by molar-refractivity contribution is 0.0602. The molecule has 0 aliphatic carbocycles. The van der Waals surface area contributed by atoms with E-state index in [4.69, 9.17) is 0 Å². The number of fused-ring (bicyclic) bond motifs is 1. The van der Waals surface area contributed by atoms with Gasteiger partial charge >= 0.3 is 5.97 Å². The first-order valence-corrected chi connectivity index (χ1v) is 5.06. The monoisotopic (exact) mass is 219 g/mol. The van der Waals surface area contributed by atoms with E-state index < -0.39 is 5.97 Å². The van der Waals surface area contributed by atoms with E-state index in [1.165, 1.54) is 13.3 Å². The molecule has 5 heteroatoms. The van der Waals surface area contributed by atoms with E-state index in [1.807, 2.05) is 6.07 Å². The number of carbonyl (C=O) groups is 1. The van der Waals surface area contributed by atoms with Crippen molar-refractivity contribution in [3.8, 4) is 0 Å². The minimum atomic E-state index is -0.414. The van der Waals surface area contributed by atoms with Crippen molar-refractivity contribution in [3.63, 3.8) is 0 Å². The molecule has 0 bridgehead atoms. The zero-order valence-corrected chi connectivity index (χ0v) is 9.47. The molecule has 84 valence electrons. The number of hydrogen-bond donors (Lipinski definition) is 0. The number of carbonyl (C=O) groups excluding carboxylic acids is 1. The first kappa shape index (κ1) is 10.6. The fourth-order valence-corrected chi connectivity index (χ4v) is 1.60. The molecule has 5 nitrogen and oxygen atoms in total. The zero-order valence-electron chi connectivity index (χ0n) is 9.47. The SMILES string of the molecule is COC(=O)c1cnn2c(C(C)C)ccnc12. The van der Waals surface area contributed by atoms with Gasteiger partial charge in [0.2, 0.25) is 0 Å². The molecular formula is C11H13N3O2. The Morgan fingerprint density at radius 3 is 2.88 bits per heavy atom. The van der Waals surface area contributed by atoms with Crippen LogP contribution in [-0.4, -0.2) is 27.7 Å². The highest BCUT2D eigenvalue weighted by Gasteiger charge is 2.16. The van der Waals surface area contributed by atoms with Gasteiger partial charge in [-0.25, -0.2) is 14.3 Å². The molecule has 0 aromatic carbocycles. The molecule has 0 N–H and O–H groups in total. The van der Waals surface area contributed by atoms with Crippen LogP contribution in [0, 0.1) is 0 Å². The van der Waals surface area contributed by atoms with Crippen molar-refractivity contribution in [2.75, 3.05) is 7.11 Å². The summed E-state index contributed by atoms with van der Waals surface area (Å²) in [4.78, 5) is 15.6. The molecule has 0 fully saturated rings. The standard InChI is InChI=1S/C11H13N3O2/c1-7(2)9-4-5-12-10-8(11(15)16-3)6-13-14(9)10/h4-7H,1-3H3. The normalized spacial score (nSPS) is 11.0. The Morgan fingerprint density at radius 1 is 1.50 bits per heavy atom. The summed E-state index contributed by atoms with van der Waals surface area (Å²) in [5, 5.41) is 4.16. The quantitative estimate of drug-likeness (QED) is 0.720. The Hall–Kier alpha value is -1.91. The topological polar surface area (TPSA) is 56.5 Å². The van der Waals surface area contributed by atoms with Crippen LogP contribution in [-0.2, 0) is 4.74 Å². The Bertz CT molecular complexity index is 531. The van der Waals surface area contributed by atoms with Gasteiger partial charge < -0.3 is 4.74 Å². The third-order valence-electron chi connectivity index (χ3n) is 2.43. The highest BCUT2D eigenvalue weighted by atomic mass is 16.5. The van der Waals surface area contributed by atoms with Gasteiger partial charge in [0.05, 0.1) is 13.3 Å². The molecular weight excluding hydrogens is 206 g/mol. The maximum Gasteiger partial charge on any atom is 0.343 e. The van der Waals surface area contributed by atoms with Crippen molar-refractivity contribution in [3.05, 3.63) is 29.7 Å². The number of nitrogens with zero attached hydrogens (tertiary/aromatic N) is 3. The second-order valence-corrected chi connectivity index (χ2v) is 3.81. The smallest absolute Gasteiger partial charge is 0.343 e. The minimum absolute atomic E-state index is 0.316. The van der Waals surface area contributed by atoms with E-state index in [2.05, 4.69) is 28.7 Å². The summed E-state index contributed by atoms with van der Waals surface area (Å²) in [7, 11) is 1.35. The van der Waals surface area contributed by atoms with Crippen LogP contribution in [0.25, 0.3) is 5.65 Å². The first-order valence-electron chi connectivity index (χ1n) is 5.06. The summed E-state index contributed by atoms with van der Waals surface area (Å²) in [5.41, 5.74) is 1.95. The summed E-state index contributed by atoms with van der Waals surface area (Å²) in [6.45, 7) is 4.13. The maximum absolute atomic E-state index is 11.5. The summed E-state index contributed by atoms with van der Waals surface area (Å²) in [5.74, 6) is -0.0979. The minimum Gasteiger partial charge on any atom is -0.465 e. The molecule has 16 heavy (non-hydrogen) atoms. The van der Waals surface area contributed by atoms with Gasteiger partial charge in [-0.2, -0.15) is 5.10 Å². The summed E-state index contributed by atoms with van der Waals surface area (Å²) >= 11 is 0. The van der Waals surface area contributed by atoms with Gasteiger partial charge in [-0.1, -0.05) is 13.8 Å². The van der Waals surface area contributed by atoms with Crippen LogP contribution in [0.15, 0.2) is 18.5 Å². The van der Waals surface area contributed by atoms with Gasteiger partial charge in [-0.3, -0.25) is 0 Å². The molecule has 2 rings (SSSR count). The van der Waals surface area contributed by atoms with E-state index in [0.717, 1.165) is 5.69 Å². The Morgan fingerprint density at radius 2 is 2.25 bits per heavy atom. The predicted octanol–water partition coefficient (Wildman–Crippen LogP) is 1.64. The highest BCUT2D eigenvalue weighted by Crippen LogP contribution is 2.17. The van der Waals surface area contributed by atoms with Gasteiger partial charge in [0.15, 0.2) is 5.65 Å². The molecule has 2 aromatic heterocycles. The molecule has 0 saturated heterocycles. The number of esters is 1. The number of methoxy groups -OCH3 is 1. The second kappa shape index (κ2) is 3.92. The molecule has 0 amide bonds. The average Bonchev–Trinajstić information content (AvgIpc) is 2.71. The Labute approximate surface area is 93.1 Å². The molecule has 0 spiro atoms. The van der Waals surface area contributed by atoms with Crippen molar-refractivity contribution >= 4 is 11.6 Å². The fraction of sp³-hybridized carbons (Fsp3) is 0.364. The lowest BCUT2D eigenvalue weighted by atomic mass is 10.1. The number of ether oxygens (including phenoxy) is 1. The zero-order chi connectivity index (χ0) is 11.7. The van der Waals surface area contributed by atoms with Crippen molar-refractivity contribution < 1.29 is 9.53 Å². The van der Waals surface area contributed by atoms with Crippen molar-refractivity contribution in [1.82, 2.24) is 14.6 Å². The first-order chi connectivity index (χ1) is 7.65. The molecule has 0 aliphatic rings. The fourth-order valence-electron chi connectivity index (χ4n) is 1.60. The van der Waals surface area contributed by atoms with Crippen LogP contribution in [0.3, 0.4) is 0 Å². The third-order valence-corrected chi connectivity index (χ3v) is 2.43. The average molecular weight is 219 g/mol. The number of aromatic nitrogens is 3. The predicted molar refractivity (Wildman–Crippen MR) is 58.4 cm³/mol. The molecule has 0 radical (unpaired) electrons. The van der Waals surface area contributed by atoms with Crippen LogP contribution < -0.4 is 0 Å². The summed E-state index contributed by atoms with van der Waals surface area (Å²) < 4.78 is 6.35. The van der Waals surface area contributed by atoms with Crippen LogP contribution in [0.1, 0.15) is 35.8 Å². The molecule has 0 unspecified atom stereocenters. The third kappa shape index (κ3) is 1.54. The number of hydrogen-bond acceptors (Lipinski definition) is 4. The Balaban J connectivity index is 2.66. The summed E-state index contributed by atoms with van der Waals surface area (Å²) in [6, 6.07) is 1.89. The Kier molecular flexibility index (Phi) is 2.60. The lowest BCUT2D eigenvalue weighted by Crippen LogP contribution is -2.04. The van der Waals surface area contributed by atoms with E-state index in [0.29, 0.717) is 17.1 Å². The van der Waals surface area contributed by atoms with Gasteiger partial charge in [-0.15, -0.1) is 0 Å².